The molecule has 0 saturated carbocycles. The molecule has 0 spiro atoms. The van der Waals surface area contributed by atoms with Crippen LogP contribution in [0.1, 0.15) is 18.7 Å². The number of pyridine rings is 1. The van der Waals surface area contributed by atoms with Crippen molar-refractivity contribution in [1.29, 1.82) is 0 Å². The quantitative estimate of drug-likeness (QED) is 0.795. The number of halogens is 1. The zero-order valence-corrected chi connectivity index (χ0v) is 15.0. The molecule has 8 nitrogen and oxygen atoms in total. The highest BCUT2D eigenvalue weighted by Crippen LogP contribution is 2.35. The van der Waals surface area contributed by atoms with E-state index in [1.807, 2.05) is 4.90 Å². The second-order valence-electron chi connectivity index (χ2n) is 6.93. The number of piperidine rings is 1. The molecule has 0 radical (unpaired) electrons. The summed E-state index contributed by atoms with van der Waals surface area (Å²) < 4.78 is 26.1. The monoisotopic (exact) mass is 375 g/mol. The van der Waals surface area contributed by atoms with Crippen LogP contribution in [0, 0.1) is 0 Å². The molecule has 2 aromatic rings. The summed E-state index contributed by atoms with van der Waals surface area (Å²) in [6.45, 7) is 3.46. The summed E-state index contributed by atoms with van der Waals surface area (Å²) >= 11 is 0. The van der Waals surface area contributed by atoms with Gasteiger partial charge < -0.3 is 14.2 Å². The Morgan fingerprint density at radius 3 is 2.78 bits per heavy atom. The van der Waals surface area contributed by atoms with Gasteiger partial charge in [0.2, 0.25) is 17.4 Å². The third-order valence-corrected chi connectivity index (χ3v) is 5.01. The maximum atomic E-state index is 15.6. The molecule has 1 unspecified atom stereocenters. The lowest BCUT2D eigenvalue weighted by Gasteiger charge is -2.36. The van der Waals surface area contributed by atoms with Gasteiger partial charge in [0.15, 0.2) is 0 Å². The highest BCUT2D eigenvalue weighted by atomic mass is 19.1. The van der Waals surface area contributed by atoms with Gasteiger partial charge in [0.25, 0.3) is 5.89 Å². The summed E-state index contributed by atoms with van der Waals surface area (Å²) in [7, 11) is 0. The first-order valence-corrected chi connectivity index (χ1v) is 9.15. The Balaban J connectivity index is 1.45. The van der Waals surface area contributed by atoms with E-state index in [2.05, 4.69) is 15.1 Å². The first kappa shape index (κ1) is 18.0. The van der Waals surface area contributed by atoms with Crippen molar-refractivity contribution in [2.24, 2.45) is 0 Å². The second kappa shape index (κ2) is 7.69. The Labute approximate surface area is 156 Å². The summed E-state index contributed by atoms with van der Waals surface area (Å²) in [4.78, 5) is 24.4. The first-order valence-electron chi connectivity index (χ1n) is 9.15. The van der Waals surface area contributed by atoms with Gasteiger partial charge in [0, 0.05) is 37.6 Å². The van der Waals surface area contributed by atoms with Crippen molar-refractivity contribution in [3.63, 3.8) is 0 Å². The summed E-state index contributed by atoms with van der Waals surface area (Å²) in [5, 5.41) is 3.89. The molecule has 1 amide bonds. The lowest BCUT2D eigenvalue weighted by molar-refractivity contribution is -0.138. The number of nitrogens with zero attached hydrogens (tertiary/aromatic N) is 5. The van der Waals surface area contributed by atoms with Crippen LogP contribution < -0.4 is 0 Å². The molecule has 4 heterocycles. The van der Waals surface area contributed by atoms with Crippen molar-refractivity contribution in [3.8, 4) is 11.4 Å². The van der Waals surface area contributed by atoms with Crippen molar-refractivity contribution in [2.45, 2.75) is 18.5 Å². The molecule has 4 rings (SSSR count). The topological polar surface area (TPSA) is 84.6 Å². The van der Waals surface area contributed by atoms with Gasteiger partial charge in [0.1, 0.15) is 0 Å². The standard InChI is InChI=1S/C18H22FN5O3/c19-18(17-21-16(22-27-17)14-2-5-20-6-3-14)4-1-7-24(13-18)15(25)12-23-8-10-26-11-9-23/h2-3,5-6H,1,4,7-13H2. The Kier molecular flexibility index (Phi) is 5.13. The van der Waals surface area contributed by atoms with Crippen molar-refractivity contribution in [3.05, 3.63) is 30.4 Å². The van der Waals surface area contributed by atoms with E-state index in [1.165, 1.54) is 0 Å². The summed E-state index contributed by atoms with van der Waals surface area (Å²) in [6, 6.07) is 3.47. The molecule has 2 aromatic heterocycles. The molecule has 2 saturated heterocycles. The van der Waals surface area contributed by atoms with Crippen LogP contribution in [0.5, 0.6) is 0 Å². The summed E-state index contributed by atoms with van der Waals surface area (Å²) in [6.07, 6.45) is 4.04. The van der Waals surface area contributed by atoms with Crippen LogP contribution in [0.2, 0.25) is 0 Å². The molecule has 0 bridgehead atoms. The number of hydrogen-bond acceptors (Lipinski definition) is 7. The zero-order chi connectivity index (χ0) is 18.7. The van der Waals surface area contributed by atoms with Gasteiger partial charge in [-0.15, -0.1) is 0 Å². The third kappa shape index (κ3) is 3.98. The number of aromatic nitrogens is 3. The van der Waals surface area contributed by atoms with Gasteiger partial charge >= 0.3 is 0 Å². The molecule has 2 aliphatic heterocycles. The minimum absolute atomic E-state index is 0.0614. The van der Waals surface area contributed by atoms with Gasteiger partial charge in [-0.25, -0.2) is 4.39 Å². The van der Waals surface area contributed by atoms with Crippen molar-refractivity contribution in [1.82, 2.24) is 24.9 Å². The number of ether oxygens (including phenoxy) is 1. The Bertz CT molecular complexity index is 780. The Hall–Kier alpha value is -2.39. The third-order valence-electron chi connectivity index (χ3n) is 5.01. The van der Waals surface area contributed by atoms with Crippen LogP contribution in [0.3, 0.4) is 0 Å². The van der Waals surface area contributed by atoms with Gasteiger partial charge in [0.05, 0.1) is 26.3 Å². The lowest BCUT2D eigenvalue weighted by Crippen LogP contribution is -2.51. The van der Waals surface area contributed by atoms with Crippen LogP contribution >= 0.6 is 0 Å². The number of hydrogen-bond donors (Lipinski definition) is 0. The predicted molar refractivity (Wildman–Crippen MR) is 93.4 cm³/mol. The van der Waals surface area contributed by atoms with Gasteiger partial charge in [-0.05, 0) is 25.0 Å². The van der Waals surface area contributed by atoms with E-state index in [9.17, 15) is 4.79 Å². The highest BCUT2D eigenvalue weighted by molar-refractivity contribution is 5.78. The fourth-order valence-corrected chi connectivity index (χ4v) is 3.47. The average Bonchev–Trinajstić information content (AvgIpc) is 3.21. The summed E-state index contributed by atoms with van der Waals surface area (Å²) in [5.41, 5.74) is -1.11. The largest absolute Gasteiger partial charge is 0.379 e. The van der Waals surface area contributed by atoms with Crippen molar-refractivity contribution in [2.75, 3.05) is 45.9 Å². The van der Waals surface area contributed by atoms with Gasteiger partial charge in [-0.3, -0.25) is 14.7 Å². The van der Waals surface area contributed by atoms with E-state index in [-0.39, 0.29) is 31.3 Å². The molecule has 27 heavy (non-hydrogen) atoms. The van der Waals surface area contributed by atoms with E-state index in [1.54, 1.807) is 29.4 Å². The molecule has 2 fully saturated rings. The molecular formula is C18H22FN5O3. The van der Waals surface area contributed by atoms with E-state index in [0.717, 1.165) is 13.1 Å². The zero-order valence-electron chi connectivity index (χ0n) is 15.0. The highest BCUT2D eigenvalue weighted by Gasteiger charge is 2.44. The first-order chi connectivity index (χ1) is 13.1. The minimum atomic E-state index is -1.82. The maximum Gasteiger partial charge on any atom is 0.266 e. The van der Waals surface area contributed by atoms with E-state index in [4.69, 9.17) is 9.26 Å². The molecule has 2 aliphatic rings. The van der Waals surface area contributed by atoms with Gasteiger partial charge in [-0.1, -0.05) is 5.16 Å². The van der Waals surface area contributed by atoms with Crippen LogP contribution in [0.25, 0.3) is 11.4 Å². The molecule has 0 aromatic carbocycles. The van der Waals surface area contributed by atoms with Crippen molar-refractivity contribution < 1.29 is 18.4 Å². The molecule has 1 atom stereocenters. The molecule has 0 N–H and O–H groups in total. The molecular weight excluding hydrogens is 353 g/mol. The lowest BCUT2D eigenvalue weighted by atomic mass is 9.94. The Morgan fingerprint density at radius 2 is 2.00 bits per heavy atom. The number of rotatable bonds is 4. The SMILES string of the molecule is O=C(CN1CCOCC1)N1CCCC(F)(c2nc(-c3ccncc3)no2)C1. The van der Waals surface area contributed by atoms with Crippen LogP contribution in [0.15, 0.2) is 29.0 Å². The van der Waals surface area contributed by atoms with Gasteiger partial charge in [-0.2, -0.15) is 4.98 Å². The summed E-state index contributed by atoms with van der Waals surface area (Å²) in [5.74, 6) is 0.173. The molecule has 144 valence electrons. The van der Waals surface area contributed by atoms with Crippen molar-refractivity contribution >= 4 is 5.91 Å². The second-order valence-corrected chi connectivity index (χ2v) is 6.93. The Morgan fingerprint density at radius 1 is 1.22 bits per heavy atom. The predicted octanol–water partition coefficient (Wildman–Crippen LogP) is 1.25. The van der Waals surface area contributed by atoms with Crippen LogP contribution in [-0.2, 0) is 15.2 Å². The van der Waals surface area contributed by atoms with E-state index >= 15 is 4.39 Å². The van der Waals surface area contributed by atoms with E-state index < -0.39 is 5.67 Å². The number of carbonyl (C=O) groups excluding carboxylic acids is 1. The van der Waals surface area contributed by atoms with Crippen LogP contribution in [-0.4, -0.2) is 76.8 Å². The number of alkyl halides is 1. The fourth-order valence-electron chi connectivity index (χ4n) is 3.47. The van der Waals surface area contributed by atoms with E-state index in [0.29, 0.717) is 37.6 Å². The smallest absolute Gasteiger partial charge is 0.266 e. The number of likely N-dealkylation sites (tertiary alicyclic amines) is 1. The van der Waals surface area contributed by atoms with Crippen LogP contribution in [0.4, 0.5) is 4.39 Å². The minimum Gasteiger partial charge on any atom is -0.379 e. The fraction of sp³-hybridized carbons (Fsp3) is 0.556. The maximum absolute atomic E-state index is 15.6. The number of carbonyl (C=O) groups is 1. The number of amides is 1. The molecule has 9 heteroatoms. The average molecular weight is 375 g/mol. The normalized spacial score (nSPS) is 24.1. The molecule has 0 aliphatic carbocycles. The number of morpholine rings is 1.